The van der Waals surface area contributed by atoms with Crippen LogP contribution in [0.25, 0.3) is 0 Å². The van der Waals surface area contributed by atoms with Crippen LogP contribution in [-0.4, -0.2) is 25.2 Å². The number of hydrogen-bond donors (Lipinski definition) is 2. The number of hydrogen-bond acceptors (Lipinski definition) is 2. The molecule has 2 nitrogen and oxygen atoms in total. The molecule has 0 bridgehead atoms. The SMILES string of the molecule is CC(CC1CCCCCN1)NCC(C)(C)C(C)C. The molecule has 1 aliphatic heterocycles. The summed E-state index contributed by atoms with van der Waals surface area (Å²) in [4.78, 5) is 0. The van der Waals surface area contributed by atoms with Crippen LogP contribution in [0.1, 0.15) is 66.7 Å². The van der Waals surface area contributed by atoms with Crippen LogP contribution in [0.4, 0.5) is 0 Å². The van der Waals surface area contributed by atoms with Gasteiger partial charge < -0.3 is 10.6 Å². The van der Waals surface area contributed by atoms with Crippen molar-refractivity contribution in [1.82, 2.24) is 10.6 Å². The molecule has 0 saturated carbocycles. The molecule has 2 atom stereocenters. The van der Waals surface area contributed by atoms with Gasteiger partial charge in [-0.25, -0.2) is 0 Å². The summed E-state index contributed by atoms with van der Waals surface area (Å²) >= 11 is 0. The predicted octanol–water partition coefficient (Wildman–Crippen LogP) is 3.57. The fourth-order valence-corrected chi connectivity index (χ4v) is 2.45. The molecule has 0 amide bonds. The van der Waals surface area contributed by atoms with Crippen molar-refractivity contribution in [3.8, 4) is 0 Å². The van der Waals surface area contributed by atoms with Gasteiger partial charge in [-0.3, -0.25) is 0 Å². The lowest BCUT2D eigenvalue weighted by atomic mass is 9.81. The second kappa shape index (κ2) is 7.49. The van der Waals surface area contributed by atoms with Crippen molar-refractivity contribution in [3.05, 3.63) is 0 Å². The van der Waals surface area contributed by atoms with Crippen LogP contribution in [-0.2, 0) is 0 Å². The third-order valence-corrected chi connectivity index (χ3v) is 4.77. The maximum absolute atomic E-state index is 3.73. The molecule has 0 aromatic rings. The van der Waals surface area contributed by atoms with Crippen LogP contribution in [0.5, 0.6) is 0 Å². The second-order valence-electron chi connectivity index (χ2n) is 7.16. The predicted molar refractivity (Wildman–Crippen MR) is 81.0 cm³/mol. The molecule has 0 spiro atoms. The molecule has 18 heavy (non-hydrogen) atoms. The first-order valence-electron chi connectivity index (χ1n) is 7.88. The molecule has 1 aliphatic rings. The highest BCUT2D eigenvalue weighted by Gasteiger charge is 2.23. The van der Waals surface area contributed by atoms with E-state index < -0.39 is 0 Å². The Morgan fingerprint density at radius 2 is 1.89 bits per heavy atom. The third-order valence-electron chi connectivity index (χ3n) is 4.77. The average Bonchev–Trinajstić information content (AvgIpc) is 2.55. The summed E-state index contributed by atoms with van der Waals surface area (Å²) < 4.78 is 0. The van der Waals surface area contributed by atoms with Gasteiger partial charge in [0.15, 0.2) is 0 Å². The standard InChI is InChI=1S/C16H34N2/c1-13(2)16(4,5)12-18-14(3)11-15-9-7-6-8-10-17-15/h13-15,17-18H,6-12H2,1-5H3. The van der Waals surface area contributed by atoms with Crippen molar-refractivity contribution >= 4 is 0 Å². The first-order chi connectivity index (χ1) is 8.42. The van der Waals surface area contributed by atoms with Gasteiger partial charge in [-0.1, -0.05) is 40.5 Å². The highest BCUT2D eigenvalue weighted by atomic mass is 15.0. The molecule has 2 unspecified atom stereocenters. The molecule has 2 N–H and O–H groups in total. The van der Waals surface area contributed by atoms with Crippen molar-refractivity contribution in [3.63, 3.8) is 0 Å². The Bertz CT molecular complexity index is 215. The maximum atomic E-state index is 3.73. The Morgan fingerprint density at radius 1 is 1.17 bits per heavy atom. The van der Waals surface area contributed by atoms with Gasteiger partial charge in [-0.15, -0.1) is 0 Å². The summed E-state index contributed by atoms with van der Waals surface area (Å²) in [6, 6.07) is 1.36. The van der Waals surface area contributed by atoms with Gasteiger partial charge in [0.05, 0.1) is 0 Å². The zero-order valence-corrected chi connectivity index (χ0v) is 13.2. The lowest BCUT2D eigenvalue weighted by molar-refractivity contribution is 0.225. The molecule has 1 heterocycles. The van der Waals surface area contributed by atoms with Gasteiger partial charge in [0.1, 0.15) is 0 Å². The normalized spacial score (nSPS) is 24.0. The van der Waals surface area contributed by atoms with Crippen molar-refractivity contribution in [1.29, 1.82) is 0 Å². The van der Waals surface area contributed by atoms with E-state index in [2.05, 4.69) is 45.3 Å². The van der Waals surface area contributed by atoms with Crippen molar-refractivity contribution < 1.29 is 0 Å². The summed E-state index contributed by atoms with van der Waals surface area (Å²) in [5, 5.41) is 7.42. The van der Waals surface area contributed by atoms with Crippen LogP contribution < -0.4 is 10.6 Å². The Morgan fingerprint density at radius 3 is 2.56 bits per heavy atom. The molecule has 0 aliphatic carbocycles. The highest BCUT2D eigenvalue weighted by molar-refractivity contribution is 4.80. The van der Waals surface area contributed by atoms with E-state index in [1.807, 2.05) is 0 Å². The topological polar surface area (TPSA) is 24.1 Å². The quantitative estimate of drug-likeness (QED) is 0.757. The van der Waals surface area contributed by atoms with Crippen LogP contribution in [0.2, 0.25) is 0 Å². The molecule has 2 heteroatoms. The molecule has 0 aromatic heterocycles. The van der Waals surface area contributed by atoms with Gasteiger partial charge in [0.25, 0.3) is 0 Å². The summed E-state index contributed by atoms with van der Waals surface area (Å²) in [7, 11) is 0. The Kier molecular flexibility index (Phi) is 6.65. The van der Waals surface area contributed by atoms with Crippen LogP contribution >= 0.6 is 0 Å². The molecule has 108 valence electrons. The Hall–Kier alpha value is -0.0800. The van der Waals surface area contributed by atoms with E-state index in [9.17, 15) is 0 Å². The van der Waals surface area contributed by atoms with E-state index in [0.717, 1.165) is 18.5 Å². The molecular formula is C16H34N2. The number of nitrogens with one attached hydrogen (secondary N) is 2. The number of rotatable bonds is 6. The lowest BCUT2D eigenvalue weighted by Gasteiger charge is -2.32. The smallest absolute Gasteiger partial charge is 0.00817 e. The van der Waals surface area contributed by atoms with Crippen molar-refractivity contribution in [2.24, 2.45) is 11.3 Å². The summed E-state index contributed by atoms with van der Waals surface area (Å²) in [6.07, 6.45) is 6.81. The van der Waals surface area contributed by atoms with Crippen LogP contribution in [0.15, 0.2) is 0 Å². The zero-order chi connectivity index (χ0) is 13.6. The minimum atomic E-state index is 0.394. The minimum Gasteiger partial charge on any atom is -0.314 e. The van der Waals surface area contributed by atoms with Crippen molar-refractivity contribution in [2.45, 2.75) is 78.8 Å². The molecule has 1 saturated heterocycles. The van der Waals surface area contributed by atoms with E-state index in [1.165, 1.54) is 38.6 Å². The molecule has 1 fully saturated rings. The van der Waals surface area contributed by atoms with Gasteiger partial charge in [0.2, 0.25) is 0 Å². The maximum Gasteiger partial charge on any atom is 0.00817 e. The van der Waals surface area contributed by atoms with E-state index in [0.29, 0.717) is 11.5 Å². The second-order valence-corrected chi connectivity index (χ2v) is 7.16. The fourth-order valence-electron chi connectivity index (χ4n) is 2.45. The zero-order valence-electron chi connectivity index (χ0n) is 13.2. The molecular weight excluding hydrogens is 220 g/mol. The van der Waals surface area contributed by atoms with E-state index in [4.69, 9.17) is 0 Å². The Labute approximate surface area is 114 Å². The molecule has 1 rings (SSSR count). The average molecular weight is 254 g/mol. The summed E-state index contributed by atoms with van der Waals surface area (Å²) in [5.41, 5.74) is 0.394. The van der Waals surface area contributed by atoms with Crippen LogP contribution in [0.3, 0.4) is 0 Å². The Balaban J connectivity index is 2.26. The van der Waals surface area contributed by atoms with Gasteiger partial charge in [0, 0.05) is 18.6 Å². The van der Waals surface area contributed by atoms with E-state index >= 15 is 0 Å². The first-order valence-corrected chi connectivity index (χ1v) is 7.88. The lowest BCUT2D eigenvalue weighted by Crippen LogP contribution is -2.41. The van der Waals surface area contributed by atoms with Crippen molar-refractivity contribution in [2.75, 3.05) is 13.1 Å². The molecule has 0 aromatic carbocycles. The molecule has 0 radical (unpaired) electrons. The van der Waals surface area contributed by atoms with Gasteiger partial charge >= 0.3 is 0 Å². The fraction of sp³-hybridized carbons (Fsp3) is 1.00. The summed E-state index contributed by atoms with van der Waals surface area (Å²) in [6.45, 7) is 14.0. The third kappa shape index (κ3) is 5.71. The summed E-state index contributed by atoms with van der Waals surface area (Å²) in [5.74, 6) is 0.730. The first kappa shape index (κ1) is 16.0. The van der Waals surface area contributed by atoms with Gasteiger partial charge in [-0.2, -0.15) is 0 Å². The van der Waals surface area contributed by atoms with E-state index in [1.54, 1.807) is 0 Å². The minimum absolute atomic E-state index is 0.394. The van der Waals surface area contributed by atoms with E-state index in [-0.39, 0.29) is 0 Å². The van der Waals surface area contributed by atoms with Gasteiger partial charge in [-0.05, 0) is 44.1 Å². The highest BCUT2D eigenvalue weighted by Crippen LogP contribution is 2.25. The largest absolute Gasteiger partial charge is 0.314 e. The monoisotopic (exact) mass is 254 g/mol. The van der Waals surface area contributed by atoms with Crippen LogP contribution in [0, 0.1) is 11.3 Å².